The number of methoxy groups -OCH3 is 1. The fraction of sp³-hybridized carbons (Fsp3) is 0.526. The van der Waals surface area contributed by atoms with E-state index in [9.17, 15) is 4.79 Å². The van der Waals surface area contributed by atoms with Gasteiger partial charge in [-0.1, -0.05) is 11.3 Å². The number of nitrogens with zero attached hydrogens (tertiary/aromatic N) is 4. The van der Waals surface area contributed by atoms with Crippen LogP contribution in [0.25, 0.3) is 5.69 Å². The average molecular weight is 372 g/mol. The van der Waals surface area contributed by atoms with Gasteiger partial charge < -0.3 is 19.1 Å². The summed E-state index contributed by atoms with van der Waals surface area (Å²) in [6.45, 7) is 4.54. The van der Waals surface area contributed by atoms with Gasteiger partial charge in [0.05, 0.1) is 31.7 Å². The zero-order valence-corrected chi connectivity index (χ0v) is 15.6. The van der Waals surface area contributed by atoms with Gasteiger partial charge in [0.15, 0.2) is 12.0 Å². The Morgan fingerprint density at radius 3 is 2.67 bits per heavy atom. The van der Waals surface area contributed by atoms with E-state index in [2.05, 4.69) is 10.3 Å². The number of aromatic nitrogens is 3. The third-order valence-corrected chi connectivity index (χ3v) is 5.25. The van der Waals surface area contributed by atoms with Gasteiger partial charge in [0.2, 0.25) is 0 Å². The number of rotatable bonds is 4. The Bertz CT molecular complexity index is 808. The van der Waals surface area contributed by atoms with Crippen LogP contribution < -0.4 is 4.74 Å². The molecule has 0 N–H and O–H groups in total. The Hall–Kier alpha value is -2.45. The molecule has 1 aromatic heterocycles. The molecule has 0 bridgehead atoms. The van der Waals surface area contributed by atoms with Crippen LogP contribution in [0.5, 0.6) is 5.75 Å². The first-order valence-corrected chi connectivity index (χ1v) is 9.26. The summed E-state index contributed by atoms with van der Waals surface area (Å²) in [6, 6.07) is 7.52. The molecule has 4 rings (SSSR count). The molecule has 1 amide bonds. The van der Waals surface area contributed by atoms with Crippen molar-refractivity contribution in [2.45, 2.75) is 26.1 Å². The predicted octanol–water partition coefficient (Wildman–Crippen LogP) is 1.81. The third kappa shape index (κ3) is 3.54. The Morgan fingerprint density at radius 2 is 1.96 bits per heavy atom. The molecule has 2 aliphatic rings. The zero-order chi connectivity index (χ0) is 18.8. The van der Waals surface area contributed by atoms with Crippen molar-refractivity contribution in [1.29, 1.82) is 0 Å². The number of likely N-dealkylation sites (tertiary alicyclic amines) is 1. The number of hydrogen-bond acceptors (Lipinski definition) is 6. The highest BCUT2D eigenvalue weighted by atomic mass is 16.7. The van der Waals surface area contributed by atoms with E-state index in [0.717, 1.165) is 30.0 Å². The summed E-state index contributed by atoms with van der Waals surface area (Å²) in [5.74, 6) is 1.01. The quantitative estimate of drug-likeness (QED) is 0.814. The number of hydrogen-bond donors (Lipinski definition) is 0. The van der Waals surface area contributed by atoms with E-state index in [1.165, 1.54) is 0 Å². The van der Waals surface area contributed by atoms with Gasteiger partial charge in [-0.05, 0) is 31.9 Å². The molecule has 1 aromatic carbocycles. The van der Waals surface area contributed by atoms with Crippen LogP contribution in [0.2, 0.25) is 0 Å². The summed E-state index contributed by atoms with van der Waals surface area (Å²) in [5, 5.41) is 8.33. The van der Waals surface area contributed by atoms with Crippen molar-refractivity contribution in [2.75, 3.05) is 33.4 Å². The summed E-state index contributed by atoms with van der Waals surface area (Å²) in [7, 11) is 1.62. The van der Waals surface area contributed by atoms with Gasteiger partial charge in [-0.2, -0.15) is 0 Å². The minimum atomic E-state index is -0.113. The van der Waals surface area contributed by atoms with Crippen LogP contribution in [0.4, 0.5) is 0 Å². The Labute approximate surface area is 158 Å². The molecule has 2 fully saturated rings. The minimum absolute atomic E-state index is 0.0756. The van der Waals surface area contributed by atoms with E-state index < -0.39 is 0 Å². The predicted molar refractivity (Wildman–Crippen MR) is 97.0 cm³/mol. The van der Waals surface area contributed by atoms with Crippen LogP contribution >= 0.6 is 0 Å². The molecule has 2 saturated heterocycles. The molecule has 0 unspecified atom stereocenters. The molecule has 0 atom stereocenters. The topological polar surface area (TPSA) is 78.7 Å². The normalized spacial score (nSPS) is 18.8. The van der Waals surface area contributed by atoms with Gasteiger partial charge >= 0.3 is 0 Å². The molecule has 3 heterocycles. The molecule has 8 heteroatoms. The molecule has 0 aliphatic carbocycles. The smallest absolute Gasteiger partial charge is 0.276 e. The van der Waals surface area contributed by atoms with Crippen LogP contribution in [0.15, 0.2) is 24.3 Å². The Morgan fingerprint density at radius 1 is 1.22 bits per heavy atom. The molecular weight excluding hydrogens is 348 g/mol. The highest BCUT2D eigenvalue weighted by Gasteiger charge is 2.33. The molecule has 8 nitrogen and oxygen atoms in total. The highest BCUT2D eigenvalue weighted by molar-refractivity contribution is 5.93. The molecule has 2 aliphatic heterocycles. The van der Waals surface area contributed by atoms with Crippen molar-refractivity contribution in [1.82, 2.24) is 19.9 Å². The number of carbonyl (C=O) groups excluding carboxylic acids is 1. The molecular formula is C19H24N4O4. The first-order valence-electron chi connectivity index (χ1n) is 9.26. The van der Waals surface area contributed by atoms with Gasteiger partial charge in [0.25, 0.3) is 5.91 Å². The average Bonchev–Trinajstić information content (AvgIpc) is 3.38. The number of carbonyl (C=O) groups is 1. The van der Waals surface area contributed by atoms with E-state index in [4.69, 9.17) is 14.2 Å². The lowest BCUT2D eigenvalue weighted by Gasteiger charge is -2.33. The highest BCUT2D eigenvalue weighted by Crippen LogP contribution is 2.27. The lowest BCUT2D eigenvalue weighted by atomic mass is 9.96. The van der Waals surface area contributed by atoms with Crippen LogP contribution in [0.1, 0.15) is 29.0 Å². The van der Waals surface area contributed by atoms with Gasteiger partial charge in [-0.3, -0.25) is 4.79 Å². The first-order chi connectivity index (χ1) is 13.2. The van der Waals surface area contributed by atoms with Gasteiger partial charge in [0.1, 0.15) is 5.75 Å². The first kappa shape index (κ1) is 17.9. The molecule has 0 spiro atoms. The fourth-order valence-corrected chi connectivity index (χ4v) is 3.69. The van der Waals surface area contributed by atoms with Crippen molar-refractivity contribution < 1.29 is 19.0 Å². The molecule has 2 aromatic rings. The Kier molecular flexibility index (Phi) is 5.09. The van der Waals surface area contributed by atoms with E-state index in [1.54, 1.807) is 11.8 Å². The Balaban J connectivity index is 1.46. The van der Waals surface area contributed by atoms with E-state index in [0.29, 0.717) is 37.9 Å². The maximum atomic E-state index is 12.9. The monoisotopic (exact) mass is 372 g/mol. The van der Waals surface area contributed by atoms with Crippen LogP contribution in [0, 0.1) is 12.8 Å². The lowest BCUT2D eigenvalue weighted by Crippen LogP contribution is -2.41. The largest absolute Gasteiger partial charge is 0.497 e. The fourth-order valence-electron chi connectivity index (χ4n) is 3.69. The van der Waals surface area contributed by atoms with Crippen LogP contribution in [-0.2, 0) is 9.47 Å². The van der Waals surface area contributed by atoms with Gasteiger partial charge in [-0.25, -0.2) is 4.68 Å². The molecule has 144 valence electrons. The van der Waals surface area contributed by atoms with E-state index in [-0.39, 0.29) is 12.2 Å². The number of benzene rings is 1. The summed E-state index contributed by atoms with van der Waals surface area (Å²) in [4.78, 5) is 14.8. The summed E-state index contributed by atoms with van der Waals surface area (Å²) >= 11 is 0. The summed E-state index contributed by atoms with van der Waals surface area (Å²) < 4.78 is 18.1. The van der Waals surface area contributed by atoms with Crippen molar-refractivity contribution in [3.05, 3.63) is 35.7 Å². The number of piperidine rings is 1. The van der Waals surface area contributed by atoms with E-state index in [1.807, 2.05) is 36.1 Å². The van der Waals surface area contributed by atoms with Gasteiger partial charge in [-0.15, -0.1) is 5.10 Å². The van der Waals surface area contributed by atoms with Crippen molar-refractivity contribution in [3.63, 3.8) is 0 Å². The second-order valence-corrected chi connectivity index (χ2v) is 6.88. The van der Waals surface area contributed by atoms with Crippen molar-refractivity contribution in [3.8, 4) is 11.4 Å². The maximum Gasteiger partial charge on any atom is 0.276 e. The van der Waals surface area contributed by atoms with Crippen LogP contribution in [0.3, 0.4) is 0 Å². The SMILES string of the molecule is COc1cccc(-n2nnc(C(=O)N3CCC(C4OCCO4)CC3)c2C)c1. The summed E-state index contributed by atoms with van der Waals surface area (Å²) in [5.41, 5.74) is 1.93. The lowest BCUT2D eigenvalue weighted by molar-refractivity contribution is -0.0956. The number of ether oxygens (including phenoxy) is 3. The second kappa shape index (κ2) is 7.66. The van der Waals surface area contributed by atoms with Gasteiger partial charge in [0, 0.05) is 25.1 Å². The summed E-state index contributed by atoms with van der Waals surface area (Å²) in [6.07, 6.45) is 1.64. The van der Waals surface area contributed by atoms with Crippen molar-refractivity contribution in [2.24, 2.45) is 5.92 Å². The van der Waals surface area contributed by atoms with E-state index >= 15 is 0 Å². The molecule has 0 saturated carbocycles. The third-order valence-electron chi connectivity index (χ3n) is 5.25. The number of amides is 1. The second-order valence-electron chi connectivity index (χ2n) is 6.88. The zero-order valence-electron chi connectivity index (χ0n) is 15.6. The standard InChI is InChI=1S/C19H24N4O4/c1-13-17(20-21-23(13)15-4-3-5-16(12-15)25-2)18(24)22-8-6-14(7-9-22)19-26-10-11-27-19/h3-5,12,14,19H,6-11H2,1-2H3. The molecule has 27 heavy (non-hydrogen) atoms. The van der Waals surface area contributed by atoms with Crippen LogP contribution in [-0.4, -0.2) is 65.5 Å². The maximum absolute atomic E-state index is 12.9. The van der Waals surface area contributed by atoms with Crippen molar-refractivity contribution >= 4 is 5.91 Å². The molecule has 0 radical (unpaired) electrons. The minimum Gasteiger partial charge on any atom is -0.497 e.